The highest BCUT2D eigenvalue weighted by Gasteiger charge is 2.29. The summed E-state index contributed by atoms with van der Waals surface area (Å²) in [5.74, 6) is -0.159. The molecule has 0 spiro atoms. The first-order valence-electron chi connectivity index (χ1n) is 5.20. The zero-order valence-electron chi connectivity index (χ0n) is 9.36. The highest BCUT2D eigenvalue weighted by Crippen LogP contribution is 2.39. The van der Waals surface area contributed by atoms with E-state index in [1.165, 1.54) is 6.08 Å². The molecular weight excluding hydrogens is 204 g/mol. The summed E-state index contributed by atoms with van der Waals surface area (Å²) < 4.78 is 5.80. The van der Waals surface area contributed by atoms with E-state index in [4.69, 9.17) is 9.84 Å². The SMILES string of the molecule is CC1(C)C/C(=C\C(=O)O)c2ccccc2O1. The molecule has 1 aliphatic rings. The number of fused-ring (bicyclic) bond motifs is 1. The maximum Gasteiger partial charge on any atom is 0.328 e. The van der Waals surface area contributed by atoms with E-state index in [0.29, 0.717) is 6.42 Å². The predicted octanol–water partition coefficient (Wildman–Crippen LogP) is 2.72. The van der Waals surface area contributed by atoms with Crippen molar-refractivity contribution in [1.82, 2.24) is 0 Å². The van der Waals surface area contributed by atoms with Crippen molar-refractivity contribution in [1.29, 1.82) is 0 Å². The molecule has 1 aromatic carbocycles. The van der Waals surface area contributed by atoms with E-state index in [1.807, 2.05) is 38.1 Å². The maximum atomic E-state index is 10.8. The Balaban J connectivity index is 2.52. The standard InChI is InChI=1S/C13H14O3/c1-13(2)8-9(7-12(14)15)10-5-3-4-6-11(10)16-13/h3-7H,8H2,1-2H3,(H,14,15)/b9-7+. The minimum Gasteiger partial charge on any atom is -0.487 e. The van der Waals surface area contributed by atoms with Gasteiger partial charge in [0.05, 0.1) is 0 Å². The molecule has 0 radical (unpaired) electrons. The fraction of sp³-hybridized carbons (Fsp3) is 0.308. The summed E-state index contributed by atoms with van der Waals surface area (Å²) >= 11 is 0. The summed E-state index contributed by atoms with van der Waals surface area (Å²) in [6.07, 6.45) is 1.87. The molecule has 0 aromatic heterocycles. The van der Waals surface area contributed by atoms with Gasteiger partial charge in [0, 0.05) is 18.1 Å². The second-order valence-corrected chi connectivity index (χ2v) is 4.54. The Morgan fingerprint density at radius 3 is 2.81 bits per heavy atom. The number of hydrogen-bond acceptors (Lipinski definition) is 2. The smallest absolute Gasteiger partial charge is 0.328 e. The van der Waals surface area contributed by atoms with Crippen molar-refractivity contribution in [2.24, 2.45) is 0 Å². The molecule has 1 N–H and O–H groups in total. The molecule has 3 heteroatoms. The van der Waals surface area contributed by atoms with Crippen LogP contribution in [0.3, 0.4) is 0 Å². The van der Waals surface area contributed by atoms with Crippen LogP contribution in [0.1, 0.15) is 25.8 Å². The van der Waals surface area contributed by atoms with Crippen LogP contribution in [0.25, 0.3) is 5.57 Å². The number of carboxylic acids is 1. The molecule has 1 aromatic rings. The van der Waals surface area contributed by atoms with Gasteiger partial charge < -0.3 is 9.84 Å². The van der Waals surface area contributed by atoms with Gasteiger partial charge in [-0.15, -0.1) is 0 Å². The fourth-order valence-corrected chi connectivity index (χ4v) is 1.99. The summed E-state index contributed by atoms with van der Waals surface area (Å²) in [6, 6.07) is 7.53. The Hall–Kier alpha value is -1.77. The number of benzene rings is 1. The van der Waals surface area contributed by atoms with Crippen molar-refractivity contribution in [3.8, 4) is 5.75 Å². The summed E-state index contributed by atoms with van der Waals surface area (Å²) in [4.78, 5) is 10.8. The van der Waals surface area contributed by atoms with Crippen molar-refractivity contribution in [3.63, 3.8) is 0 Å². The number of ether oxygens (including phenoxy) is 1. The van der Waals surface area contributed by atoms with Crippen LogP contribution in [0, 0.1) is 0 Å². The summed E-state index contributed by atoms with van der Waals surface area (Å²) in [7, 11) is 0. The number of carboxylic acid groups (broad SMARTS) is 1. The monoisotopic (exact) mass is 218 g/mol. The van der Waals surface area contributed by atoms with Crippen LogP contribution >= 0.6 is 0 Å². The Labute approximate surface area is 94.4 Å². The molecule has 0 fully saturated rings. The minimum atomic E-state index is -0.914. The van der Waals surface area contributed by atoms with Gasteiger partial charge in [0.15, 0.2) is 0 Å². The van der Waals surface area contributed by atoms with Crippen LogP contribution in [-0.2, 0) is 4.79 Å². The van der Waals surface area contributed by atoms with E-state index in [0.717, 1.165) is 16.9 Å². The minimum absolute atomic E-state index is 0.352. The van der Waals surface area contributed by atoms with E-state index in [9.17, 15) is 4.79 Å². The second-order valence-electron chi connectivity index (χ2n) is 4.54. The van der Waals surface area contributed by atoms with Crippen molar-refractivity contribution in [2.45, 2.75) is 25.9 Å². The lowest BCUT2D eigenvalue weighted by Crippen LogP contribution is -2.32. The zero-order valence-corrected chi connectivity index (χ0v) is 9.36. The van der Waals surface area contributed by atoms with Gasteiger partial charge in [0.25, 0.3) is 0 Å². The lowest BCUT2D eigenvalue weighted by Gasteiger charge is -2.34. The van der Waals surface area contributed by atoms with Crippen molar-refractivity contribution in [3.05, 3.63) is 35.9 Å². The summed E-state index contributed by atoms with van der Waals surface area (Å²) in [5.41, 5.74) is 1.35. The molecule has 16 heavy (non-hydrogen) atoms. The van der Waals surface area contributed by atoms with E-state index in [1.54, 1.807) is 0 Å². The third kappa shape index (κ3) is 2.08. The van der Waals surface area contributed by atoms with Crippen molar-refractivity contribution < 1.29 is 14.6 Å². The fourth-order valence-electron chi connectivity index (χ4n) is 1.99. The molecule has 0 aliphatic carbocycles. The van der Waals surface area contributed by atoms with Gasteiger partial charge in [0.1, 0.15) is 11.4 Å². The Morgan fingerprint density at radius 1 is 1.44 bits per heavy atom. The molecule has 2 rings (SSSR count). The first kappa shape index (κ1) is 10.7. The van der Waals surface area contributed by atoms with Gasteiger partial charge in [-0.2, -0.15) is 0 Å². The third-order valence-electron chi connectivity index (χ3n) is 2.53. The molecule has 0 bridgehead atoms. The zero-order chi connectivity index (χ0) is 11.8. The molecule has 0 unspecified atom stereocenters. The van der Waals surface area contributed by atoms with Crippen LogP contribution in [0.5, 0.6) is 5.75 Å². The van der Waals surface area contributed by atoms with Crippen LogP contribution in [0.15, 0.2) is 30.3 Å². The molecule has 0 saturated heterocycles. The van der Waals surface area contributed by atoms with E-state index in [-0.39, 0.29) is 5.60 Å². The number of rotatable bonds is 1. The van der Waals surface area contributed by atoms with Crippen molar-refractivity contribution >= 4 is 11.5 Å². The molecule has 84 valence electrons. The van der Waals surface area contributed by atoms with Gasteiger partial charge in [0.2, 0.25) is 0 Å². The Morgan fingerprint density at radius 2 is 2.12 bits per heavy atom. The highest BCUT2D eigenvalue weighted by molar-refractivity contribution is 5.91. The van der Waals surface area contributed by atoms with Crippen LogP contribution in [0.2, 0.25) is 0 Å². The number of para-hydroxylation sites is 1. The second kappa shape index (κ2) is 3.67. The van der Waals surface area contributed by atoms with Gasteiger partial charge in [-0.25, -0.2) is 4.79 Å². The van der Waals surface area contributed by atoms with Crippen LogP contribution < -0.4 is 4.74 Å². The normalized spacial score (nSPS) is 20.0. The van der Waals surface area contributed by atoms with Gasteiger partial charge in [-0.05, 0) is 25.5 Å². The van der Waals surface area contributed by atoms with Gasteiger partial charge in [-0.1, -0.05) is 18.2 Å². The van der Waals surface area contributed by atoms with Crippen LogP contribution in [-0.4, -0.2) is 16.7 Å². The Bertz CT molecular complexity index is 458. The molecule has 1 aliphatic heterocycles. The largest absolute Gasteiger partial charge is 0.487 e. The average Bonchev–Trinajstić information content (AvgIpc) is 2.14. The number of hydrogen-bond donors (Lipinski definition) is 1. The van der Waals surface area contributed by atoms with Gasteiger partial charge >= 0.3 is 5.97 Å². The van der Waals surface area contributed by atoms with Crippen molar-refractivity contribution in [2.75, 3.05) is 0 Å². The molecule has 3 nitrogen and oxygen atoms in total. The lowest BCUT2D eigenvalue weighted by atomic mass is 9.89. The van der Waals surface area contributed by atoms with Gasteiger partial charge in [-0.3, -0.25) is 0 Å². The highest BCUT2D eigenvalue weighted by atomic mass is 16.5. The number of carbonyl (C=O) groups is 1. The first-order chi connectivity index (χ1) is 7.48. The Kier molecular flexibility index (Phi) is 2.46. The van der Waals surface area contributed by atoms with E-state index >= 15 is 0 Å². The quantitative estimate of drug-likeness (QED) is 0.737. The molecule has 0 amide bonds. The predicted molar refractivity (Wildman–Crippen MR) is 61.4 cm³/mol. The topological polar surface area (TPSA) is 46.5 Å². The number of aliphatic carboxylic acids is 1. The summed E-state index contributed by atoms with van der Waals surface area (Å²) in [5, 5.41) is 8.84. The first-order valence-corrected chi connectivity index (χ1v) is 5.20. The molecular formula is C13H14O3. The lowest BCUT2D eigenvalue weighted by molar-refractivity contribution is -0.131. The average molecular weight is 218 g/mol. The molecule has 0 atom stereocenters. The maximum absolute atomic E-state index is 10.8. The van der Waals surface area contributed by atoms with E-state index in [2.05, 4.69) is 0 Å². The molecule has 1 heterocycles. The third-order valence-corrected chi connectivity index (χ3v) is 2.53. The van der Waals surface area contributed by atoms with Crippen LogP contribution in [0.4, 0.5) is 0 Å². The van der Waals surface area contributed by atoms with E-state index < -0.39 is 5.97 Å². The molecule has 0 saturated carbocycles. The summed E-state index contributed by atoms with van der Waals surface area (Å²) in [6.45, 7) is 3.91.